The fourth-order valence-electron chi connectivity index (χ4n) is 1.95. The lowest BCUT2D eigenvalue weighted by molar-refractivity contribution is 0.271. The molecular formula is C11H17N3O. The van der Waals surface area contributed by atoms with Crippen molar-refractivity contribution in [2.45, 2.75) is 38.6 Å². The molecule has 2 N–H and O–H groups in total. The van der Waals surface area contributed by atoms with Crippen molar-refractivity contribution in [1.29, 1.82) is 0 Å². The summed E-state index contributed by atoms with van der Waals surface area (Å²) in [7, 11) is 0. The Morgan fingerprint density at radius 2 is 2.33 bits per heavy atom. The first kappa shape index (κ1) is 10.4. The molecule has 1 aliphatic rings. The predicted octanol–water partition coefficient (Wildman–Crippen LogP) is 1.15. The predicted molar refractivity (Wildman–Crippen MR) is 58.8 cm³/mol. The van der Waals surface area contributed by atoms with Crippen molar-refractivity contribution in [2.24, 2.45) is 0 Å². The second-order valence-corrected chi connectivity index (χ2v) is 3.93. The van der Waals surface area contributed by atoms with Crippen molar-refractivity contribution in [2.75, 3.05) is 11.9 Å². The molecule has 2 rings (SSSR count). The summed E-state index contributed by atoms with van der Waals surface area (Å²) < 4.78 is 0. The van der Waals surface area contributed by atoms with Gasteiger partial charge < -0.3 is 10.4 Å². The van der Waals surface area contributed by atoms with Gasteiger partial charge in [0.05, 0.1) is 12.6 Å². The van der Waals surface area contributed by atoms with E-state index in [1.54, 1.807) is 6.33 Å². The van der Waals surface area contributed by atoms with Gasteiger partial charge in [0.25, 0.3) is 0 Å². The molecule has 1 aromatic rings. The number of rotatable bonds is 4. The van der Waals surface area contributed by atoms with Gasteiger partial charge in [-0.2, -0.15) is 0 Å². The lowest BCUT2D eigenvalue weighted by Gasteiger charge is -2.16. The third-order valence-corrected chi connectivity index (χ3v) is 2.93. The van der Waals surface area contributed by atoms with Crippen LogP contribution < -0.4 is 5.32 Å². The van der Waals surface area contributed by atoms with E-state index in [-0.39, 0.29) is 12.6 Å². The largest absolute Gasteiger partial charge is 0.394 e. The van der Waals surface area contributed by atoms with Gasteiger partial charge in [-0.1, -0.05) is 6.92 Å². The van der Waals surface area contributed by atoms with Crippen LogP contribution in [0.5, 0.6) is 0 Å². The number of aromatic nitrogens is 2. The summed E-state index contributed by atoms with van der Waals surface area (Å²) >= 11 is 0. The van der Waals surface area contributed by atoms with Crippen LogP contribution in [0.2, 0.25) is 0 Å². The van der Waals surface area contributed by atoms with Crippen molar-refractivity contribution < 1.29 is 5.11 Å². The minimum absolute atomic E-state index is 0.101. The molecule has 4 nitrogen and oxygen atoms in total. The summed E-state index contributed by atoms with van der Waals surface area (Å²) in [6, 6.07) is 0.101. The maximum absolute atomic E-state index is 9.13. The number of nitrogens with zero attached hydrogens (tertiary/aromatic N) is 2. The Kier molecular flexibility index (Phi) is 3.16. The molecule has 15 heavy (non-hydrogen) atoms. The minimum Gasteiger partial charge on any atom is -0.394 e. The molecule has 1 aromatic heterocycles. The highest BCUT2D eigenvalue weighted by Crippen LogP contribution is 2.25. The van der Waals surface area contributed by atoms with Crippen molar-refractivity contribution >= 4 is 5.82 Å². The molecule has 0 spiro atoms. The Bertz CT molecular complexity index is 337. The Morgan fingerprint density at radius 1 is 1.47 bits per heavy atom. The van der Waals surface area contributed by atoms with E-state index in [1.807, 2.05) is 0 Å². The van der Waals surface area contributed by atoms with E-state index < -0.39 is 0 Å². The zero-order valence-electron chi connectivity index (χ0n) is 9.03. The maximum atomic E-state index is 9.13. The molecular weight excluding hydrogens is 190 g/mol. The van der Waals surface area contributed by atoms with E-state index >= 15 is 0 Å². The van der Waals surface area contributed by atoms with E-state index in [4.69, 9.17) is 5.11 Å². The van der Waals surface area contributed by atoms with E-state index in [0.29, 0.717) is 0 Å². The molecule has 1 atom stereocenters. The first-order valence-electron chi connectivity index (χ1n) is 5.55. The summed E-state index contributed by atoms with van der Waals surface area (Å²) in [6.45, 7) is 2.20. The molecule has 0 fully saturated rings. The first-order valence-corrected chi connectivity index (χ1v) is 5.55. The summed E-state index contributed by atoms with van der Waals surface area (Å²) in [5, 5.41) is 12.4. The van der Waals surface area contributed by atoms with E-state index in [2.05, 4.69) is 22.2 Å². The average molecular weight is 207 g/mol. The number of anilines is 1. The quantitative estimate of drug-likeness (QED) is 0.777. The van der Waals surface area contributed by atoms with Crippen molar-refractivity contribution in [1.82, 2.24) is 9.97 Å². The fraction of sp³-hybridized carbons (Fsp3) is 0.636. The topological polar surface area (TPSA) is 58.0 Å². The number of nitrogens with one attached hydrogen (secondary N) is 1. The molecule has 0 radical (unpaired) electrons. The van der Waals surface area contributed by atoms with Gasteiger partial charge in [0.1, 0.15) is 12.1 Å². The lowest BCUT2D eigenvalue weighted by atomic mass is 10.2. The zero-order valence-corrected chi connectivity index (χ0v) is 9.03. The zero-order chi connectivity index (χ0) is 10.7. The molecule has 0 saturated heterocycles. The van der Waals surface area contributed by atoms with Crippen molar-refractivity contribution in [3.05, 3.63) is 17.6 Å². The third kappa shape index (κ3) is 2.09. The van der Waals surface area contributed by atoms with E-state index in [0.717, 1.165) is 25.1 Å². The number of aliphatic hydroxyl groups excluding tert-OH is 1. The number of aliphatic hydroxyl groups is 1. The number of hydrogen-bond acceptors (Lipinski definition) is 4. The second-order valence-electron chi connectivity index (χ2n) is 3.93. The van der Waals surface area contributed by atoms with Crippen LogP contribution in [-0.4, -0.2) is 27.7 Å². The summed E-state index contributed by atoms with van der Waals surface area (Å²) in [5.74, 6) is 0.915. The van der Waals surface area contributed by atoms with Crippen LogP contribution in [0, 0.1) is 0 Å². The van der Waals surface area contributed by atoms with Crippen LogP contribution in [0.3, 0.4) is 0 Å². The van der Waals surface area contributed by atoms with Crippen LogP contribution in [0.25, 0.3) is 0 Å². The SMILES string of the molecule is CCC(CO)Nc1ncnc2c1CCC2. The molecule has 82 valence electrons. The summed E-state index contributed by atoms with van der Waals surface area (Å²) in [6.07, 6.45) is 5.79. The minimum atomic E-state index is 0.101. The normalized spacial score (nSPS) is 16.1. The van der Waals surface area contributed by atoms with Gasteiger partial charge >= 0.3 is 0 Å². The van der Waals surface area contributed by atoms with Gasteiger partial charge in [0.2, 0.25) is 0 Å². The van der Waals surface area contributed by atoms with Gasteiger partial charge in [-0.3, -0.25) is 0 Å². The summed E-state index contributed by atoms with van der Waals surface area (Å²) in [5.41, 5.74) is 2.41. The first-order chi connectivity index (χ1) is 7.35. The van der Waals surface area contributed by atoms with Crippen LogP contribution in [0.1, 0.15) is 31.0 Å². The average Bonchev–Trinajstić information content (AvgIpc) is 2.74. The summed E-state index contributed by atoms with van der Waals surface area (Å²) in [4.78, 5) is 8.52. The molecule has 0 aliphatic heterocycles. The Hall–Kier alpha value is -1.16. The van der Waals surface area contributed by atoms with Gasteiger partial charge in [-0.15, -0.1) is 0 Å². The monoisotopic (exact) mass is 207 g/mol. The smallest absolute Gasteiger partial charge is 0.133 e. The molecule has 0 saturated carbocycles. The third-order valence-electron chi connectivity index (χ3n) is 2.93. The van der Waals surface area contributed by atoms with Gasteiger partial charge in [0.15, 0.2) is 0 Å². The van der Waals surface area contributed by atoms with Crippen LogP contribution in [0.15, 0.2) is 6.33 Å². The van der Waals surface area contributed by atoms with Crippen LogP contribution in [-0.2, 0) is 12.8 Å². The van der Waals surface area contributed by atoms with E-state index in [9.17, 15) is 0 Å². The molecule has 1 unspecified atom stereocenters. The number of hydrogen-bond donors (Lipinski definition) is 2. The Balaban J connectivity index is 2.18. The second kappa shape index (κ2) is 4.57. The van der Waals surface area contributed by atoms with Gasteiger partial charge in [0, 0.05) is 11.3 Å². The number of fused-ring (bicyclic) bond motifs is 1. The molecule has 0 bridgehead atoms. The highest BCUT2D eigenvalue weighted by molar-refractivity contribution is 5.48. The molecule has 1 heterocycles. The molecule has 0 aromatic carbocycles. The van der Waals surface area contributed by atoms with Crippen molar-refractivity contribution in [3.63, 3.8) is 0 Å². The van der Waals surface area contributed by atoms with Gasteiger partial charge in [-0.25, -0.2) is 9.97 Å². The highest BCUT2D eigenvalue weighted by atomic mass is 16.3. The van der Waals surface area contributed by atoms with Gasteiger partial charge in [-0.05, 0) is 25.7 Å². The number of aryl methyl sites for hydroxylation is 1. The maximum Gasteiger partial charge on any atom is 0.133 e. The van der Waals surface area contributed by atoms with Crippen molar-refractivity contribution in [3.8, 4) is 0 Å². The molecule has 0 amide bonds. The van der Waals surface area contributed by atoms with E-state index in [1.165, 1.54) is 17.7 Å². The van der Waals surface area contributed by atoms with Crippen LogP contribution in [0.4, 0.5) is 5.82 Å². The highest BCUT2D eigenvalue weighted by Gasteiger charge is 2.18. The van der Waals surface area contributed by atoms with Crippen LogP contribution >= 0.6 is 0 Å². The molecule has 4 heteroatoms. The fourth-order valence-corrected chi connectivity index (χ4v) is 1.95. The standard InChI is InChI=1S/C11H17N3O/c1-2-8(6-15)14-11-9-4-3-5-10(9)12-7-13-11/h7-8,15H,2-6H2,1H3,(H,12,13,14). The molecule has 1 aliphatic carbocycles. The Labute approximate surface area is 89.8 Å². The Morgan fingerprint density at radius 3 is 3.07 bits per heavy atom. The lowest BCUT2D eigenvalue weighted by Crippen LogP contribution is -2.24.